The van der Waals surface area contributed by atoms with Crippen LogP contribution in [0.2, 0.25) is 0 Å². The lowest BCUT2D eigenvalue weighted by Gasteiger charge is -2.31. The first-order chi connectivity index (χ1) is 7.78. The topological polar surface area (TPSA) is 3.24 Å². The van der Waals surface area contributed by atoms with Gasteiger partial charge in [0.15, 0.2) is 0 Å². The van der Waals surface area contributed by atoms with Gasteiger partial charge in [-0.1, -0.05) is 28.1 Å². The Kier molecular flexibility index (Phi) is 4.36. The van der Waals surface area contributed by atoms with Crippen molar-refractivity contribution in [2.75, 3.05) is 18.4 Å². The Hall–Kier alpha value is -0.410. The number of hydrogen-bond acceptors (Lipinski definition) is 1. The van der Waals surface area contributed by atoms with Gasteiger partial charge < -0.3 is 0 Å². The van der Waals surface area contributed by atoms with Gasteiger partial charge in [0.2, 0.25) is 0 Å². The zero-order valence-electron chi connectivity index (χ0n) is 9.33. The second-order valence-electron chi connectivity index (χ2n) is 4.50. The van der Waals surface area contributed by atoms with E-state index in [-0.39, 0.29) is 5.82 Å². The number of alkyl halides is 1. The van der Waals surface area contributed by atoms with Gasteiger partial charge in [0.05, 0.1) is 0 Å². The molecule has 2 rings (SSSR count). The molecule has 1 heterocycles. The van der Waals surface area contributed by atoms with Crippen molar-refractivity contribution >= 4 is 15.9 Å². The van der Waals surface area contributed by atoms with Crippen LogP contribution in [0.25, 0.3) is 0 Å². The first-order valence-corrected chi connectivity index (χ1v) is 6.93. The molecular formula is C13H17BrFN. The second-order valence-corrected chi connectivity index (χ2v) is 5.15. The monoisotopic (exact) mass is 285 g/mol. The maximum Gasteiger partial charge on any atom is 0.123 e. The smallest absolute Gasteiger partial charge is 0.123 e. The van der Waals surface area contributed by atoms with Crippen molar-refractivity contribution in [3.05, 3.63) is 35.6 Å². The van der Waals surface area contributed by atoms with Crippen LogP contribution in [0.5, 0.6) is 0 Å². The summed E-state index contributed by atoms with van der Waals surface area (Å²) in [5.74, 6) is 0.691. The van der Waals surface area contributed by atoms with Gasteiger partial charge in [0, 0.05) is 11.9 Å². The Balaban J connectivity index is 1.87. The fraction of sp³-hybridized carbons (Fsp3) is 0.538. The molecule has 0 aromatic heterocycles. The third-order valence-corrected chi connectivity index (χ3v) is 4.14. The molecule has 1 fully saturated rings. The molecule has 1 aromatic rings. The Bertz CT molecular complexity index is 334. The highest BCUT2D eigenvalue weighted by molar-refractivity contribution is 9.09. The molecule has 0 spiro atoms. The first kappa shape index (κ1) is 12.1. The fourth-order valence-electron chi connectivity index (χ4n) is 2.19. The largest absolute Gasteiger partial charge is 0.299 e. The van der Waals surface area contributed by atoms with E-state index in [2.05, 4.69) is 20.8 Å². The van der Waals surface area contributed by atoms with Gasteiger partial charge in [-0.05, 0) is 49.5 Å². The molecule has 16 heavy (non-hydrogen) atoms. The van der Waals surface area contributed by atoms with Crippen molar-refractivity contribution < 1.29 is 4.39 Å². The molecule has 0 unspecified atom stereocenters. The molecule has 0 atom stereocenters. The van der Waals surface area contributed by atoms with Gasteiger partial charge in [0.1, 0.15) is 5.82 Å². The molecule has 0 N–H and O–H groups in total. The number of hydrogen-bond donors (Lipinski definition) is 0. The summed E-state index contributed by atoms with van der Waals surface area (Å²) in [4.78, 5) is 2.41. The maximum atomic E-state index is 13.0. The Morgan fingerprint density at radius 1 is 1.31 bits per heavy atom. The quantitative estimate of drug-likeness (QED) is 0.769. The van der Waals surface area contributed by atoms with Crippen LogP contribution >= 0.6 is 15.9 Å². The van der Waals surface area contributed by atoms with Crippen molar-refractivity contribution in [3.8, 4) is 0 Å². The fourth-order valence-corrected chi connectivity index (χ4v) is 2.84. The van der Waals surface area contributed by atoms with Gasteiger partial charge in [-0.25, -0.2) is 4.39 Å². The molecule has 0 radical (unpaired) electrons. The minimum Gasteiger partial charge on any atom is -0.299 e. The minimum atomic E-state index is -0.132. The van der Waals surface area contributed by atoms with Gasteiger partial charge >= 0.3 is 0 Å². The predicted octanol–water partition coefficient (Wildman–Crippen LogP) is 3.43. The van der Waals surface area contributed by atoms with E-state index in [9.17, 15) is 4.39 Å². The molecule has 0 amide bonds. The molecule has 1 saturated heterocycles. The summed E-state index contributed by atoms with van der Waals surface area (Å²) < 4.78 is 13.0. The average Bonchev–Trinajstić information content (AvgIpc) is 2.30. The number of halogens is 2. The van der Waals surface area contributed by atoms with E-state index < -0.39 is 0 Å². The first-order valence-electron chi connectivity index (χ1n) is 5.80. The number of likely N-dealkylation sites (tertiary alicyclic amines) is 1. The zero-order chi connectivity index (χ0) is 11.4. The lowest BCUT2D eigenvalue weighted by Crippen LogP contribution is -2.33. The van der Waals surface area contributed by atoms with E-state index in [0.29, 0.717) is 0 Å². The highest BCUT2D eigenvalue weighted by Gasteiger charge is 2.18. The summed E-state index contributed by atoms with van der Waals surface area (Å²) in [6.45, 7) is 3.15. The molecule has 88 valence electrons. The van der Waals surface area contributed by atoms with Crippen LogP contribution in [0.3, 0.4) is 0 Å². The SMILES string of the molecule is Fc1cccc(CN2CCC(CBr)CC2)c1. The molecule has 3 heteroatoms. The van der Waals surface area contributed by atoms with Crippen LogP contribution in [0.4, 0.5) is 4.39 Å². The molecular weight excluding hydrogens is 269 g/mol. The number of piperidine rings is 1. The molecule has 0 saturated carbocycles. The summed E-state index contributed by atoms with van der Waals surface area (Å²) in [6, 6.07) is 6.92. The van der Waals surface area contributed by atoms with Crippen LogP contribution in [0.1, 0.15) is 18.4 Å². The third kappa shape index (κ3) is 3.29. The van der Waals surface area contributed by atoms with Crippen LogP contribution in [-0.2, 0) is 6.54 Å². The van der Waals surface area contributed by atoms with Gasteiger partial charge in [-0.3, -0.25) is 4.90 Å². The van der Waals surface area contributed by atoms with Gasteiger partial charge in [0.25, 0.3) is 0 Å². The lowest BCUT2D eigenvalue weighted by atomic mass is 9.99. The summed E-state index contributed by atoms with van der Waals surface area (Å²) in [6.07, 6.45) is 2.50. The Labute approximate surface area is 105 Å². The van der Waals surface area contributed by atoms with Crippen LogP contribution in [-0.4, -0.2) is 23.3 Å². The number of benzene rings is 1. The Morgan fingerprint density at radius 2 is 2.06 bits per heavy atom. The standard InChI is InChI=1S/C13H17BrFN/c14-9-11-4-6-16(7-5-11)10-12-2-1-3-13(15)8-12/h1-3,8,11H,4-7,9-10H2. The van der Waals surface area contributed by atoms with E-state index in [1.807, 2.05) is 6.07 Å². The predicted molar refractivity (Wildman–Crippen MR) is 68.2 cm³/mol. The molecule has 1 aliphatic rings. The van der Waals surface area contributed by atoms with E-state index in [1.165, 1.54) is 18.9 Å². The molecule has 1 aromatic carbocycles. The van der Waals surface area contributed by atoms with Gasteiger partial charge in [-0.2, -0.15) is 0 Å². The summed E-state index contributed by atoms with van der Waals surface area (Å²) >= 11 is 3.54. The van der Waals surface area contributed by atoms with Crippen molar-refractivity contribution in [3.63, 3.8) is 0 Å². The molecule has 1 nitrogen and oxygen atoms in total. The van der Waals surface area contributed by atoms with E-state index in [0.717, 1.165) is 36.4 Å². The molecule has 0 bridgehead atoms. The van der Waals surface area contributed by atoms with Crippen LogP contribution < -0.4 is 0 Å². The highest BCUT2D eigenvalue weighted by Crippen LogP contribution is 2.20. The minimum absolute atomic E-state index is 0.132. The Morgan fingerprint density at radius 3 is 2.69 bits per heavy atom. The normalized spacial score (nSPS) is 18.9. The van der Waals surface area contributed by atoms with E-state index in [1.54, 1.807) is 12.1 Å². The molecule has 1 aliphatic heterocycles. The van der Waals surface area contributed by atoms with Crippen molar-refractivity contribution in [1.82, 2.24) is 4.90 Å². The lowest BCUT2D eigenvalue weighted by molar-refractivity contribution is 0.187. The van der Waals surface area contributed by atoms with Gasteiger partial charge in [-0.15, -0.1) is 0 Å². The van der Waals surface area contributed by atoms with E-state index in [4.69, 9.17) is 0 Å². The van der Waals surface area contributed by atoms with Crippen LogP contribution in [0.15, 0.2) is 24.3 Å². The van der Waals surface area contributed by atoms with Crippen molar-refractivity contribution in [2.24, 2.45) is 5.92 Å². The summed E-state index contributed by atoms with van der Waals surface area (Å²) in [5.41, 5.74) is 1.08. The number of rotatable bonds is 3. The van der Waals surface area contributed by atoms with Crippen molar-refractivity contribution in [2.45, 2.75) is 19.4 Å². The highest BCUT2D eigenvalue weighted by atomic mass is 79.9. The molecule has 0 aliphatic carbocycles. The zero-order valence-corrected chi connectivity index (χ0v) is 10.9. The third-order valence-electron chi connectivity index (χ3n) is 3.22. The number of nitrogens with zero attached hydrogens (tertiary/aromatic N) is 1. The summed E-state index contributed by atoms with van der Waals surface area (Å²) in [5, 5.41) is 1.11. The van der Waals surface area contributed by atoms with E-state index >= 15 is 0 Å². The maximum absolute atomic E-state index is 13.0. The van der Waals surface area contributed by atoms with Crippen LogP contribution in [0, 0.1) is 11.7 Å². The summed E-state index contributed by atoms with van der Waals surface area (Å²) in [7, 11) is 0. The average molecular weight is 286 g/mol. The second kappa shape index (κ2) is 5.78. The van der Waals surface area contributed by atoms with Crippen molar-refractivity contribution in [1.29, 1.82) is 0 Å².